The normalized spacial score (nSPS) is 15.1. The predicted molar refractivity (Wildman–Crippen MR) is 136 cm³/mol. The van der Waals surface area contributed by atoms with Crippen LogP contribution in [0.2, 0.25) is 0 Å². The van der Waals surface area contributed by atoms with Gasteiger partial charge in [0.05, 0.1) is 13.6 Å². The zero-order valence-corrected chi connectivity index (χ0v) is 21.7. The summed E-state index contributed by atoms with van der Waals surface area (Å²) in [5.74, 6) is 0.179. The molecular weight excluding hydrogens is 522 g/mol. The average molecular weight is 547 g/mol. The minimum Gasteiger partial charge on any atom is -0.352 e. The van der Waals surface area contributed by atoms with Gasteiger partial charge >= 0.3 is 6.03 Å². The lowest BCUT2D eigenvalue weighted by Gasteiger charge is -2.27. The van der Waals surface area contributed by atoms with Gasteiger partial charge in [-0.3, -0.25) is 10.1 Å². The van der Waals surface area contributed by atoms with E-state index in [9.17, 15) is 9.59 Å². The van der Waals surface area contributed by atoms with E-state index in [2.05, 4.69) is 79.9 Å². The van der Waals surface area contributed by atoms with Gasteiger partial charge in [-0.1, -0.05) is 36.9 Å². The Kier molecular flexibility index (Phi) is 7.06. The van der Waals surface area contributed by atoms with Crippen LogP contribution in [0.4, 0.5) is 10.7 Å². The van der Waals surface area contributed by atoms with Gasteiger partial charge < -0.3 is 10.2 Å². The molecule has 1 saturated heterocycles. The van der Waals surface area contributed by atoms with Gasteiger partial charge in [0.15, 0.2) is 0 Å². The molecular formula is C23H24BrN5O2S2. The van der Waals surface area contributed by atoms with Crippen molar-refractivity contribution in [3.8, 4) is 10.6 Å². The predicted octanol–water partition coefficient (Wildman–Crippen LogP) is 5.42. The van der Waals surface area contributed by atoms with E-state index in [1.54, 1.807) is 43.1 Å². The van der Waals surface area contributed by atoms with Crippen molar-refractivity contribution in [2.45, 2.75) is 41.8 Å². The zero-order valence-electron chi connectivity index (χ0n) is 18.5. The molecule has 0 bridgehead atoms. The maximum absolute atomic E-state index is 12.0. The lowest BCUT2D eigenvalue weighted by Crippen LogP contribution is -2.46. The number of halogens is 1. The van der Waals surface area contributed by atoms with E-state index < -0.39 is 5.54 Å². The molecule has 2 aromatic heterocycles. The van der Waals surface area contributed by atoms with Crippen LogP contribution in [0.15, 0.2) is 56.2 Å². The van der Waals surface area contributed by atoms with Crippen molar-refractivity contribution in [3.63, 3.8) is 0 Å². The lowest BCUT2D eigenvalue weighted by molar-refractivity contribution is -0.125. The van der Waals surface area contributed by atoms with E-state index in [1.807, 2.05) is 0 Å². The number of nitrogens with zero attached hydrogens (tertiary/aromatic N) is 3. The van der Waals surface area contributed by atoms with Crippen molar-refractivity contribution in [2.75, 3.05) is 18.4 Å². The molecule has 0 saturated carbocycles. The SMILES string of the molecule is CCc1ccccc1Sc1ccc(-c2nc(NCCN3C(=O)NC(=O)C3(C)C)ncc2Br)s1. The molecule has 4 rings (SSSR count). The van der Waals surface area contributed by atoms with E-state index in [-0.39, 0.29) is 11.9 Å². The molecule has 33 heavy (non-hydrogen) atoms. The highest BCUT2D eigenvalue weighted by atomic mass is 79.9. The Labute approximate surface area is 209 Å². The number of rotatable bonds is 8. The Hall–Kier alpha value is -2.43. The second kappa shape index (κ2) is 9.82. The molecule has 172 valence electrons. The fourth-order valence-electron chi connectivity index (χ4n) is 3.49. The number of imide groups is 1. The summed E-state index contributed by atoms with van der Waals surface area (Å²) >= 11 is 7.02. The summed E-state index contributed by atoms with van der Waals surface area (Å²) in [5, 5.41) is 5.52. The fraction of sp³-hybridized carbons (Fsp3) is 0.304. The first-order chi connectivity index (χ1) is 15.8. The van der Waals surface area contributed by atoms with E-state index in [1.165, 1.54) is 19.6 Å². The largest absolute Gasteiger partial charge is 0.352 e. The first-order valence-electron chi connectivity index (χ1n) is 10.5. The maximum atomic E-state index is 12.0. The molecule has 1 fully saturated rings. The summed E-state index contributed by atoms with van der Waals surface area (Å²) in [4.78, 5) is 36.8. The van der Waals surface area contributed by atoms with Gasteiger partial charge in [-0.15, -0.1) is 11.3 Å². The quantitative estimate of drug-likeness (QED) is 0.367. The third-order valence-corrected chi connectivity index (χ3v) is 8.36. The van der Waals surface area contributed by atoms with Crippen LogP contribution in [0.5, 0.6) is 0 Å². The second-order valence-corrected chi connectivity index (χ2v) is 11.2. The molecule has 0 unspecified atom stereocenters. The van der Waals surface area contributed by atoms with Crippen molar-refractivity contribution < 1.29 is 9.59 Å². The summed E-state index contributed by atoms with van der Waals surface area (Å²) in [6.45, 7) is 6.40. The minimum atomic E-state index is -0.869. The fourth-order valence-corrected chi connectivity index (χ4v) is 6.31. The molecule has 10 heteroatoms. The summed E-state index contributed by atoms with van der Waals surface area (Å²) < 4.78 is 2.00. The summed E-state index contributed by atoms with van der Waals surface area (Å²) in [7, 11) is 0. The molecule has 0 spiro atoms. The first-order valence-corrected chi connectivity index (χ1v) is 13.0. The standard InChI is InChI=1S/C23H24BrN5O2S2/c1-4-14-7-5-6-8-16(14)32-18-10-9-17(33-18)19-15(24)13-26-21(27-19)25-11-12-29-22(31)28-20(30)23(29,2)3/h5-10,13H,4,11-12H2,1-3H3,(H,25,26,27)(H,28,30,31). The van der Waals surface area contributed by atoms with Gasteiger partial charge in [0.25, 0.3) is 5.91 Å². The average Bonchev–Trinajstić information content (AvgIpc) is 3.32. The van der Waals surface area contributed by atoms with Crippen LogP contribution in [0.1, 0.15) is 26.3 Å². The lowest BCUT2D eigenvalue weighted by atomic mass is 10.0. The molecule has 0 radical (unpaired) electrons. The van der Waals surface area contributed by atoms with E-state index >= 15 is 0 Å². The number of benzene rings is 1. The smallest absolute Gasteiger partial charge is 0.325 e. The molecule has 7 nitrogen and oxygen atoms in total. The molecule has 1 aliphatic rings. The van der Waals surface area contributed by atoms with Crippen LogP contribution in [-0.2, 0) is 11.2 Å². The monoisotopic (exact) mass is 545 g/mol. The van der Waals surface area contributed by atoms with Gasteiger partial charge in [0, 0.05) is 24.2 Å². The number of urea groups is 1. The number of aryl methyl sites for hydroxylation is 1. The van der Waals surface area contributed by atoms with Crippen molar-refractivity contribution in [3.05, 3.63) is 52.6 Å². The molecule has 3 amide bonds. The van der Waals surface area contributed by atoms with Gasteiger partial charge in [0.1, 0.15) is 11.2 Å². The van der Waals surface area contributed by atoms with Gasteiger partial charge in [0.2, 0.25) is 5.95 Å². The third kappa shape index (κ3) is 5.07. The highest BCUT2D eigenvalue weighted by Crippen LogP contribution is 2.40. The van der Waals surface area contributed by atoms with Gasteiger partial charge in [-0.05, 0) is 60.0 Å². The molecule has 3 heterocycles. The molecule has 0 atom stereocenters. The number of anilines is 1. The maximum Gasteiger partial charge on any atom is 0.325 e. The van der Waals surface area contributed by atoms with Crippen molar-refractivity contribution in [1.29, 1.82) is 0 Å². The summed E-state index contributed by atoms with van der Waals surface area (Å²) in [6.07, 6.45) is 2.72. The number of carbonyl (C=O) groups excluding carboxylic acids is 2. The number of carbonyl (C=O) groups is 2. The third-order valence-electron chi connectivity index (χ3n) is 5.44. The number of aromatic nitrogens is 2. The highest BCUT2D eigenvalue weighted by molar-refractivity contribution is 9.10. The van der Waals surface area contributed by atoms with E-state index in [4.69, 9.17) is 0 Å². The number of thiophene rings is 1. The Morgan fingerprint density at radius 2 is 2.00 bits per heavy atom. The summed E-state index contributed by atoms with van der Waals surface area (Å²) in [6, 6.07) is 12.3. The van der Waals surface area contributed by atoms with Gasteiger partial charge in [-0.2, -0.15) is 0 Å². The first kappa shape index (κ1) is 23.7. The number of hydrogen-bond donors (Lipinski definition) is 2. The van der Waals surface area contributed by atoms with Crippen molar-refractivity contribution >= 4 is 56.9 Å². The number of hydrogen-bond acceptors (Lipinski definition) is 7. The molecule has 1 aliphatic heterocycles. The van der Waals surface area contributed by atoms with E-state index in [0.29, 0.717) is 19.0 Å². The Morgan fingerprint density at radius 3 is 2.73 bits per heavy atom. The molecule has 3 aromatic rings. The Bertz CT molecular complexity index is 1200. The van der Waals surface area contributed by atoms with E-state index in [0.717, 1.165) is 21.5 Å². The highest BCUT2D eigenvalue weighted by Gasteiger charge is 2.45. The molecule has 0 aliphatic carbocycles. The molecule has 2 N–H and O–H groups in total. The van der Waals surface area contributed by atoms with Crippen LogP contribution in [0, 0.1) is 0 Å². The second-order valence-electron chi connectivity index (χ2n) is 7.97. The van der Waals surface area contributed by atoms with Crippen LogP contribution in [-0.4, -0.2) is 45.4 Å². The molecule has 1 aromatic carbocycles. The minimum absolute atomic E-state index is 0.289. The topological polar surface area (TPSA) is 87.2 Å². The number of amides is 3. The van der Waals surface area contributed by atoms with Gasteiger partial charge in [-0.25, -0.2) is 14.8 Å². The van der Waals surface area contributed by atoms with Crippen molar-refractivity contribution in [2.24, 2.45) is 0 Å². The van der Waals surface area contributed by atoms with Crippen LogP contribution < -0.4 is 10.6 Å². The van der Waals surface area contributed by atoms with Crippen LogP contribution in [0.25, 0.3) is 10.6 Å². The Balaban J connectivity index is 1.45. The van der Waals surface area contributed by atoms with Crippen LogP contribution >= 0.6 is 39.0 Å². The van der Waals surface area contributed by atoms with Crippen LogP contribution in [0.3, 0.4) is 0 Å². The zero-order chi connectivity index (χ0) is 23.6. The van der Waals surface area contributed by atoms with Crippen molar-refractivity contribution in [1.82, 2.24) is 20.2 Å². The number of nitrogens with one attached hydrogen (secondary N) is 2. The summed E-state index contributed by atoms with van der Waals surface area (Å²) in [5.41, 5.74) is 1.28. The Morgan fingerprint density at radius 1 is 1.21 bits per heavy atom.